The molecule has 0 spiro atoms. The molecule has 3 rings (SSSR count). The van der Waals surface area contributed by atoms with Gasteiger partial charge in [-0.2, -0.15) is 4.98 Å². The fourth-order valence-electron chi connectivity index (χ4n) is 2.28. The molecule has 0 aliphatic heterocycles. The predicted molar refractivity (Wildman–Crippen MR) is 106 cm³/mol. The van der Waals surface area contributed by atoms with Crippen LogP contribution in [0.3, 0.4) is 0 Å². The highest BCUT2D eigenvalue weighted by Gasteiger charge is 2.14. The van der Waals surface area contributed by atoms with Gasteiger partial charge in [-0.1, -0.05) is 22.0 Å². The molecule has 5 nitrogen and oxygen atoms in total. The Kier molecular flexibility index (Phi) is 4.99. The number of halogens is 1. The molecule has 2 N–H and O–H groups in total. The van der Waals surface area contributed by atoms with Gasteiger partial charge in [0.1, 0.15) is 5.82 Å². The number of anilines is 3. The molecule has 2 aromatic heterocycles. The molecule has 25 heavy (non-hydrogen) atoms. The highest BCUT2D eigenvalue weighted by atomic mass is 79.9. The summed E-state index contributed by atoms with van der Waals surface area (Å²) in [5.41, 5.74) is 2.57. The first-order valence-corrected chi connectivity index (χ1v) is 8.79. The van der Waals surface area contributed by atoms with Gasteiger partial charge < -0.3 is 10.6 Å². The van der Waals surface area contributed by atoms with Gasteiger partial charge in [0.05, 0.1) is 5.69 Å². The zero-order valence-electron chi connectivity index (χ0n) is 14.4. The lowest BCUT2D eigenvalue weighted by Crippen LogP contribution is -2.27. The molecule has 2 heterocycles. The molecule has 0 unspecified atom stereocenters. The average molecular weight is 398 g/mol. The van der Waals surface area contributed by atoms with Gasteiger partial charge in [0, 0.05) is 39.7 Å². The van der Waals surface area contributed by atoms with Crippen molar-refractivity contribution in [3.63, 3.8) is 0 Å². The van der Waals surface area contributed by atoms with E-state index in [1.165, 1.54) is 0 Å². The topological polar surface area (TPSA) is 62.7 Å². The van der Waals surface area contributed by atoms with Crippen LogP contribution in [0.1, 0.15) is 20.8 Å². The van der Waals surface area contributed by atoms with E-state index in [-0.39, 0.29) is 5.54 Å². The van der Waals surface area contributed by atoms with Crippen LogP contribution in [0.2, 0.25) is 0 Å². The molecule has 0 saturated heterocycles. The highest BCUT2D eigenvalue weighted by molar-refractivity contribution is 9.10. The smallest absolute Gasteiger partial charge is 0.225 e. The van der Waals surface area contributed by atoms with Crippen LogP contribution in [0.4, 0.5) is 17.5 Å². The summed E-state index contributed by atoms with van der Waals surface area (Å²) in [6.45, 7) is 6.23. The molecule has 0 bridgehead atoms. The third-order valence-corrected chi connectivity index (χ3v) is 3.76. The van der Waals surface area contributed by atoms with Gasteiger partial charge in [0.25, 0.3) is 0 Å². The van der Waals surface area contributed by atoms with Crippen molar-refractivity contribution in [1.82, 2.24) is 15.0 Å². The Morgan fingerprint density at radius 2 is 1.84 bits per heavy atom. The van der Waals surface area contributed by atoms with Gasteiger partial charge in [0.2, 0.25) is 5.95 Å². The molecular weight excluding hydrogens is 378 g/mol. The maximum atomic E-state index is 4.64. The number of nitrogens with zero attached hydrogens (tertiary/aromatic N) is 3. The van der Waals surface area contributed by atoms with Crippen molar-refractivity contribution in [3.05, 3.63) is 59.3 Å². The number of pyridine rings is 1. The monoisotopic (exact) mass is 397 g/mol. The fourth-order valence-corrected chi connectivity index (χ4v) is 2.68. The van der Waals surface area contributed by atoms with Gasteiger partial charge in [-0.3, -0.25) is 4.98 Å². The Morgan fingerprint density at radius 1 is 1.00 bits per heavy atom. The molecule has 0 aliphatic carbocycles. The maximum Gasteiger partial charge on any atom is 0.225 e. The predicted octanol–water partition coefficient (Wildman–Crippen LogP) is 5.26. The van der Waals surface area contributed by atoms with Crippen LogP contribution >= 0.6 is 15.9 Å². The summed E-state index contributed by atoms with van der Waals surface area (Å²) in [6, 6.07) is 13.8. The third-order valence-electron chi connectivity index (χ3n) is 3.27. The van der Waals surface area contributed by atoms with E-state index in [0.29, 0.717) is 5.95 Å². The number of rotatable bonds is 4. The van der Waals surface area contributed by atoms with Gasteiger partial charge in [0.15, 0.2) is 0 Å². The molecule has 3 aromatic rings. The van der Waals surface area contributed by atoms with Crippen LogP contribution in [0.15, 0.2) is 59.3 Å². The lowest BCUT2D eigenvalue weighted by atomic mass is 10.1. The lowest BCUT2D eigenvalue weighted by molar-refractivity contribution is 0.626. The standard InChI is InChI=1S/C19H20BrN5/c1-19(2,3)25-18-23-16(13-6-5-9-21-12-13)11-17(24-18)22-15-8-4-7-14(20)10-15/h4-12H,1-3H3,(H2,22,23,24,25). The zero-order valence-corrected chi connectivity index (χ0v) is 16.0. The number of hydrogen-bond donors (Lipinski definition) is 2. The van der Waals surface area contributed by atoms with Gasteiger partial charge >= 0.3 is 0 Å². The first kappa shape index (κ1) is 17.4. The number of aromatic nitrogens is 3. The van der Waals surface area contributed by atoms with Crippen LogP contribution in [0.25, 0.3) is 11.3 Å². The first-order valence-electron chi connectivity index (χ1n) is 7.99. The summed E-state index contributed by atoms with van der Waals surface area (Å²) in [4.78, 5) is 13.4. The largest absolute Gasteiger partial charge is 0.350 e. The number of nitrogens with one attached hydrogen (secondary N) is 2. The van der Waals surface area contributed by atoms with Gasteiger partial charge in [-0.15, -0.1) is 0 Å². The number of benzene rings is 1. The molecular formula is C19H20BrN5. The van der Waals surface area contributed by atoms with Crippen LogP contribution in [-0.2, 0) is 0 Å². The van der Waals surface area contributed by atoms with Crippen molar-refractivity contribution in [2.24, 2.45) is 0 Å². The van der Waals surface area contributed by atoms with E-state index in [0.717, 1.165) is 27.2 Å². The van der Waals surface area contributed by atoms with Crippen molar-refractivity contribution >= 4 is 33.4 Å². The summed E-state index contributed by atoms with van der Waals surface area (Å²) >= 11 is 3.49. The number of hydrogen-bond acceptors (Lipinski definition) is 5. The van der Waals surface area contributed by atoms with Crippen molar-refractivity contribution in [2.75, 3.05) is 10.6 Å². The van der Waals surface area contributed by atoms with E-state index in [1.54, 1.807) is 12.4 Å². The second kappa shape index (κ2) is 7.19. The van der Waals surface area contributed by atoms with Crippen LogP contribution < -0.4 is 10.6 Å². The summed E-state index contributed by atoms with van der Waals surface area (Å²) < 4.78 is 1.01. The quantitative estimate of drug-likeness (QED) is 0.628. The van der Waals surface area contributed by atoms with Crippen molar-refractivity contribution in [1.29, 1.82) is 0 Å². The van der Waals surface area contributed by atoms with Crippen LogP contribution in [-0.4, -0.2) is 20.5 Å². The Bertz CT molecular complexity index is 859. The van der Waals surface area contributed by atoms with E-state index in [2.05, 4.69) is 62.3 Å². The summed E-state index contributed by atoms with van der Waals surface area (Å²) in [5, 5.41) is 6.68. The van der Waals surface area contributed by atoms with Gasteiger partial charge in [-0.25, -0.2) is 4.98 Å². The summed E-state index contributed by atoms with van der Waals surface area (Å²) in [7, 11) is 0. The minimum atomic E-state index is -0.138. The second-order valence-electron chi connectivity index (χ2n) is 6.71. The molecule has 128 valence electrons. The fraction of sp³-hybridized carbons (Fsp3) is 0.211. The Morgan fingerprint density at radius 3 is 2.52 bits per heavy atom. The molecule has 6 heteroatoms. The minimum Gasteiger partial charge on any atom is -0.350 e. The second-order valence-corrected chi connectivity index (χ2v) is 7.63. The average Bonchev–Trinajstić information content (AvgIpc) is 2.54. The Balaban J connectivity index is 2.00. The molecule has 0 atom stereocenters. The molecule has 0 aliphatic rings. The van der Waals surface area contributed by atoms with Gasteiger partial charge in [-0.05, 0) is 51.1 Å². The molecule has 1 aromatic carbocycles. The summed E-state index contributed by atoms with van der Waals surface area (Å²) in [6.07, 6.45) is 3.55. The van der Waals surface area contributed by atoms with Crippen LogP contribution in [0.5, 0.6) is 0 Å². The summed E-state index contributed by atoms with van der Waals surface area (Å²) in [5.74, 6) is 1.30. The molecule has 0 saturated carbocycles. The molecule has 0 radical (unpaired) electrons. The van der Waals surface area contributed by atoms with E-state index < -0.39 is 0 Å². The van der Waals surface area contributed by atoms with E-state index in [9.17, 15) is 0 Å². The molecule has 0 fully saturated rings. The van der Waals surface area contributed by atoms with E-state index >= 15 is 0 Å². The normalized spacial score (nSPS) is 11.2. The Hall–Kier alpha value is -2.47. The highest BCUT2D eigenvalue weighted by Crippen LogP contribution is 2.25. The van der Waals surface area contributed by atoms with Crippen molar-refractivity contribution in [2.45, 2.75) is 26.3 Å². The maximum absolute atomic E-state index is 4.64. The van der Waals surface area contributed by atoms with E-state index in [1.807, 2.05) is 42.5 Å². The van der Waals surface area contributed by atoms with Crippen LogP contribution in [0, 0.1) is 0 Å². The minimum absolute atomic E-state index is 0.138. The third kappa shape index (κ3) is 5.00. The van der Waals surface area contributed by atoms with Crippen molar-refractivity contribution < 1.29 is 0 Å². The first-order chi connectivity index (χ1) is 11.9. The lowest BCUT2D eigenvalue weighted by Gasteiger charge is -2.21. The molecule has 0 amide bonds. The Labute approximate surface area is 156 Å². The van der Waals surface area contributed by atoms with E-state index in [4.69, 9.17) is 0 Å². The van der Waals surface area contributed by atoms with Crippen molar-refractivity contribution in [3.8, 4) is 11.3 Å². The zero-order chi connectivity index (χ0) is 17.9. The SMILES string of the molecule is CC(C)(C)Nc1nc(Nc2cccc(Br)c2)cc(-c2cccnc2)n1.